The first-order chi connectivity index (χ1) is 16.7. The largest absolute Gasteiger partial charge is 0.504 e. The molecule has 2 aliphatic rings. The number of aliphatic imine (C=N–C) groups is 1. The quantitative estimate of drug-likeness (QED) is 0.314. The van der Waals surface area contributed by atoms with Gasteiger partial charge in [0.1, 0.15) is 5.84 Å². The van der Waals surface area contributed by atoms with Gasteiger partial charge in [0.2, 0.25) is 0 Å². The molecular weight excluding hydrogens is 460 g/mol. The lowest BCUT2D eigenvalue weighted by Gasteiger charge is -2.34. The van der Waals surface area contributed by atoms with Crippen molar-refractivity contribution in [2.24, 2.45) is 4.99 Å². The van der Waals surface area contributed by atoms with Gasteiger partial charge in [0.15, 0.2) is 11.5 Å². The van der Waals surface area contributed by atoms with Crippen molar-refractivity contribution < 1.29 is 9.84 Å². The molecule has 4 aromatic rings. The van der Waals surface area contributed by atoms with Crippen LogP contribution in [0.2, 0.25) is 0 Å². The number of thioether (sulfide) groups is 1. The maximum atomic E-state index is 10.2. The normalized spacial score (nSPS) is 16.6. The van der Waals surface area contributed by atoms with Crippen molar-refractivity contribution in [3.05, 3.63) is 96.6 Å². The van der Waals surface area contributed by atoms with Crippen LogP contribution in [0.15, 0.2) is 111 Å². The summed E-state index contributed by atoms with van der Waals surface area (Å²) in [6.45, 7) is 0. The van der Waals surface area contributed by atoms with Crippen molar-refractivity contribution in [3.63, 3.8) is 0 Å². The number of benzene rings is 4. The summed E-state index contributed by atoms with van der Waals surface area (Å²) in [6, 6.07) is 31.0. The first-order valence-corrected chi connectivity index (χ1v) is 12.8. The van der Waals surface area contributed by atoms with Crippen LogP contribution < -0.4 is 9.64 Å². The molecule has 4 aromatic carbocycles. The zero-order chi connectivity index (χ0) is 23.1. The predicted molar refractivity (Wildman–Crippen MR) is 141 cm³/mol. The Morgan fingerprint density at radius 3 is 2.21 bits per heavy atom. The summed E-state index contributed by atoms with van der Waals surface area (Å²) < 4.78 is 5.41. The van der Waals surface area contributed by atoms with Crippen LogP contribution in [-0.4, -0.2) is 18.1 Å². The Hall–Kier alpha value is -3.35. The SMILES string of the molecule is COc1cc(C2CC(N3c4ccccc4Sc4ccccc43)=Nc3ccccc3S2)ccc1O. The van der Waals surface area contributed by atoms with Crippen LogP contribution in [0.3, 0.4) is 0 Å². The fourth-order valence-corrected chi connectivity index (χ4v) is 6.67. The number of ether oxygens (including phenoxy) is 1. The molecule has 0 fully saturated rings. The molecule has 2 heterocycles. The molecule has 0 amide bonds. The molecule has 168 valence electrons. The van der Waals surface area contributed by atoms with Crippen LogP contribution in [0.4, 0.5) is 17.1 Å². The second kappa shape index (κ2) is 8.78. The summed E-state index contributed by atoms with van der Waals surface area (Å²) in [5.74, 6) is 1.63. The maximum absolute atomic E-state index is 10.2. The number of anilines is 2. The van der Waals surface area contributed by atoms with Crippen molar-refractivity contribution >= 4 is 46.4 Å². The number of phenolic OH excluding ortho intramolecular Hbond substituents is 1. The molecule has 0 saturated carbocycles. The standard InChI is InChI=1S/C28H22N2O2S2/c1-32-23-16-18(14-15-22(23)31)27-17-28(29-19-8-2-5-11-24(19)33-27)30-20-9-3-6-12-25(20)34-26-13-7-4-10-21(26)30/h2-16,27,31H,17H2,1H3. The lowest BCUT2D eigenvalue weighted by atomic mass is 10.1. The average molecular weight is 483 g/mol. The van der Waals surface area contributed by atoms with E-state index in [4.69, 9.17) is 9.73 Å². The molecule has 0 aliphatic carbocycles. The van der Waals surface area contributed by atoms with Crippen molar-refractivity contribution in [1.29, 1.82) is 0 Å². The van der Waals surface area contributed by atoms with Crippen molar-refractivity contribution in [2.75, 3.05) is 12.0 Å². The van der Waals surface area contributed by atoms with E-state index in [-0.39, 0.29) is 11.0 Å². The molecule has 0 aromatic heterocycles. The first kappa shape index (κ1) is 21.2. The Balaban J connectivity index is 1.52. The average Bonchev–Trinajstić information content (AvgIpc) is 3.07. The number of methoxy groups -OCH3 is 1. The molecule has 0 saturated heterocycles. The highest BCUT2D eigenvalue weighted by Crippen LogP contribution is 2.52. The molecule has 6 heteroatoms. The Labute approximate surface area is 207 Å². The van der Waals surface area contributed by atoms with Crippen LogP contribution in [0, 0.1) is 0 Å². The molecular formula is C28H22N2O2S2. The number of fused-ring (bicyclic) bond motifs is 3. The summed E-state index contributed by atoms with van der Waals surface area (Å²) >= 11 is 3.60. The van der Waals surface area contributed by atoms with Gasteiger partial charge in [-0.15, -0.1) is 11.8 Å². The Bertz CT molecular complexity index is 1370. The fraction of sp³-hybridized carbons (Fsp3) is 0.107. The second-order valence-corrected chi connectivity index (χ2v) is 10.4. The second-order valence-electron chi connectivity index (χ2n) is 8.11. The fourth-order valence-electron chi connectivity index (χ4n) is 4.40. The minimum atomic E-state index is 0.103. The summed E-state index contributed by atoms with van der Waals surface area (Å²) in [6.07, 6.45) is 0.723. The number of rotatable bonds is 2. The third kappa shape index (κ3) is 3.73. The van der Waals surface area contributed by atoms with Gasteiger partial charge in [0, 0.05) is 26.4 Å². The number of nitrogens with zero attached hydrogens (tertiary/aromatic N) is 2. The van der Waals surface area contributed by atoms with Gasteiger partial charge in [-0.1, -0.05) is 54.2 Å². The Morgan fingerprint density at radius 2 is 1.50 bits per heavy atom. The van der Waals surface area contributed by atoms with E-state index in [1.165, 1.54) is 9.79 Å². The number of amidine groups is 1. The highest BCUT2D eigenvalue weighted by molar-refractivity contribution is 8.00. The highest BCUT2D eigenvalue weighted by atomic mass is 32.2. The Kier molecular flexibility index (Phi) is 5.47. The molecule has 1 N–H and O–H groups in total. The number of aromatic hydroxyl groups is 1. The zero-order valence-corrected chi connectivity index (χ0v) is 20.1. The van der Waals surface area contributed by atoms with E-state index < -0.39 is 0 Å². The molecule has 0 bridgehead atoms. The summed E-state index contributed by atoms with van der Waals surface area (Å²) in [4.78, 5) is 11.1. The van der Waals surface area contributed by atoms with Gasteiger partial charge < -0.3 is 9.84 Å². The molecule has 2 aliphatic heterocycles. The van der Waals surface area contributed by atoms with Crippen LogP contribution >= 0.6 is 23.5 Å². The van der Waals surface area contributed by atoms with E-state index in [9.17, 15) is 5.11 Å². The van der Waals surface area contributed by atoms with E-state index in [2.05, 4.69) is 71.6 Å². The van der Waals surface area contributed by atoms with Crippen LogP contribution in [0.25, 0.3) is 0 Å². The van der Waals surface area contributed by atoms with Gasteiger partial charge in [-0.05, 0) is 54.1 Å². The third-order valence-electron chi connectivity index (χ3n) is 6.02. The summed E-state index contributed by atoms with van der Waals surface area (Å²) in [5, 5.41) is 10.3. The molecule has 1 unspecified atom stereocenters. The minimum Gasteiger partial charge on any atom is -0.504 e. The summed E-state index contributed by atoms with van der Waals surface area (Å²) in [5.41, 5.74) is 4.37. The number of phenols is 1. The summed E-state index contributed by atoms with van der Waals surface area (Å²) in [7, 11) is 1.58. The highest BCUT2D eigenvalue weighted by Gasteiger charge is 2.31. The van der Waals surface area contributed by atoms with Crippen LogP contribution in [0.1, 0.15) is 17.2 Å². The van der Waals surface area contributed by atoms with Gasteiger partial charge >= 0.3 is 0 Å². The van der Waals surface area contributed by atoms with Gasteiger partial charge in [0.05, 0.1) is 24.2 Å². The molecule has 34 heavy (non-hydrogen) atoms. The molecule has 0 spiro atoms. The molecule has 6 rings (SSSR count). The van der Waals surface area contributed by atoms with E-state index >= 15 is 0 Å². The van der Waals surface area contributed by atoms with Crippen molar-refractivity contribution in [3.8, 4) is 11.5 Å². The minimum absolute atomic E-state index is 0.103. The molecule has 4 nitrogen and oxygen atoms in total. The first-order valence-electron chi connectivity index (χ1n) is 11.1. The van der Waals surface area contributed by atoms with Crippen LogP contribution in [0.5, 0.6) is 11.5 Å². The number of hydrogen-bond acceptors (Lipinski definition) is 6. The topological polar surface area (TPSA) is 45.1 Å². The monoisotopic (exact) mass is 482 g/mol. The van der Waals surface area contributed by atoms with E-state index in [1.54, 1.807) is 36.7 Å². The molecule has 1 atom stereocenters. The van der Waals surface area contributed by atoms with Crippen molar-refractivity contribution in [1.82, 2.24) is 0 Å². The van der Waals surface area contributed by atoms with E-state index in [1.807, 2.05) is 18.2 Å². The zero-order valence-electron chi connectivity index (χ0n) is 18.5. The van der Waals surface area contributed by atoms with Gasteiger partial charge in [-0.2, -0.15) is 0 Å². The predicted octanol–water partition coefficient (Wildman–Crippen LogP) is 7.97. The van der Waals surface area contributed by atoms with Gasteiger partial charge in [-0.3, -0.25) is 4.90 Å². The van der Waals surface area contributed by atoms with E-state index in [0.29, 0.717) is 5.75 Å². The van der Waals surface area contributed by atoms with Gasteiger partial charge in [0.25, 0.3) is 0 Å². The van der Waals surface area contributed by atoms with Crippen molar-refractivity contribution in [2.45, 2.75) is 26.4 Å². The maximum Gasteiger partial charge on any atom is 0.160 e. The van der Waals surface area contributed by atoms with E-state index in [0.717, 1.165) is 39.8 Å². The Morgan fingerprint density at radius 1 is 0.853 bits per heavy atom. The lowest BCUT2D eigenvalue weighted by molar-refractivity contribution is 0.373. The third-order valence-corrected chi connectivity index (χ3v) is 8.47. The number of hydrogen-bond donors (Lipinski definition) is 1. The van der Waals surface area contributed by atoms with Crippen LogP contribution in [-0.2, 0) is 0 Å². The number of para-hydroxylation sites is 3. The van der Waals surface area contributed by atoms with Gasteiger partial charge in [-0.25, -0.2) is 4.99 Å². The molecule has 0 radical (unpaired) electrons. The smallest absolute Gasteiger partial charge is 0.160 e. The lowest BCUT2D eigenvalue weighted by Crippen LogP contribution is -2.29.